The summed E-state index contributed by atoms with van der Waals surface area (Å²) in [5, 5.41) is -0.525. The number of nitrogens with zero attached hydrogens (tertiary/aromatic N) is 1. The van der Waals surface area contributed by atoms with E-state index in [-0.39, 0.29) is 17.3 Å². The van der Waals surface area contributed by atoms with Crippen molar-refractivity contribution in [3.8, 4) is 5.75 Å². The van der Waals surface area contributed by atoms with Gasteiger partial charge in [0.2, 0.25) is 0 Å². The number of imide groups is 1. The average molecular weight is 667 g/mol. The quantitative estimate of drug-likeness (QED) is 0.240. The molecule has 1 aliphatic heterocycles. The standard InChI is InChI=1S/C21H16FI2NO5S/c1-11(20(27)29-2)25-19(26)17(31-21(25)28)9-12-7-15(23)18(16(24)8-12)30-10-13-5-3-4-6-14(13)22/h3-9,11H,10H2,1-2H3/b17-9+/t11-/m0/s1. The molecular formula is C21H16FI2NO5S. The Hall–Kier alpha value is -1.67. The van der Waals surface area contributed by atoms with Crippen LogP contribution in [0.1, 0.15) is 18.1 Å². The molecule has 0 spiro atoms. The Kier molecular flexibility index (Phi) is 7.97. The fourth-order valence-corrected chi connectivity index (χ4v) is 5.84. The van der Waals surface area contributed by atoms with E-state index in [4.69, 9.17) is 4.74 Å². The number of thioether (sulfide) groups is 1. The molecule has 0 radical (unpaired) electrons. The van der Waals surface area contributed by atoms with Crippen molar-refractivity contribution < 1.29 is 28.2 Å². The van der Waals surface area contributed by atoms with E-state index in [0.717, 1.165) is 23.8 Å². The summed E-state index contributed by atoms with van der Waals surface area (Å²) in [6, 6.07) is 9.01. The molecule has 0 aliphatic carbocycles. The van der Waals surface area contributed by atoms with Crippen molar-refractivity contribution in [2.24, 2.45) is 0 Å². The second-order valence-corrected chi connectivity index (χ2v) is 9.76. The summed E-state index contributed by atoms with van der Waals surface area (Å²) in [6.45, 7) is 1.53. The molecule has 0 aromatic heterocycles. The Balaban J connectivity index is 1.80. The summed E-state index contributed by atoms with van der Waals surface area (Å²) < 4.78 is 25.8. The molecule has 0 saturated carbocycles. The molecule has 3 rings (SSSR count). The van der Waals surface area contributed by atoms with Crippen LogP contribution in [0.15, 0.2) is 41.3 Å². The minimum Gasteiger partial charge on any atom is -0.487 e. The van der Waals surface area contributed by atoms with Crippen LogP contribution in [0.2, 0.25) is 0 Å². The van der Waals surface area contributed by atoms with E-state index in [0.29, 0.717) is 16.9 Å². The molecule has 1 heterocycles. The Morgan fingerprint density at radius 1 is 1.23 bits per heavy atom. The molecule has 0 bridgehead atoms. The predicted molar refractivity (Wildman–Crippen MR) is 132 cm³/mol. The van der Waals surface area contributed by atoms with Crippen LogP contribution < -0.4 is 4.74 Å². The molecule has 2 amide bonds. The topological polar surface area (TPSA) is 72.9 Å². The minimum atomic E-state index is -1.00. The van der Waals surface area contributed by atoms with Gasteiger partial charge in [-0.3, -0.25) is 14.5 Å². The van der Waals surface area contributed by atoms with Gasteiger partial charge in [-0.2, -0.15) is 0 Å². The number of benzene rings is 2. The zero-order valence-electron chi connectivity index (χ0n) is 16.4. The molecule has 6 nitrogen and oxygen atoms in total. The number of amides is 2. The average Bonchev–Trinajstić information content (AvgIpc) is 3.00. The van der Waals surface area contributed by atoms with Gasteiger partial charge in [-0.25, -0.2) is 9.18 Å². The minimum absolute atomic E-state index is 0.0856. The summed E-state index contributed by atoms with van der Waals surface area (Å²) in [7, 11) is 1.20. The van der Waals surface area contributed by atoms with Crippen molar-refractivity contribution in [2.75, 3.05) is 7.11 Å². The van der Waals surface area contributed by atoms with Gasteiger partial charge in [0.1, 0.15) is 24.2 Å². The van der Waals surface area contributed by atoms with Crippen molar-refractivity contribution in [2.45, 2.75) is 19.6 Å². The Morgan fingerprint density at radius 3 is 2.48 bits per heavy atom. The van der Waals surface area contributed by atoms with E-state index in [1.807, 2.05) is 0 Å². The van der Waals surface area contributed by atoms with E-state index in [9.17, 15) is 18.8 Å². The van der Waals surface area contributed by atoms with Crippen molar-refractivity contribution in [1.82, 2.24) is 4.90 Å². The number of halogens is 3. The molecule has 0 unspecified atom stereocenters. The van der Waals surface area contributed by atoms with Gasteiger partial charge in [-0.1, -0.05) is 18.2 Å². The van der Waals surface area contributed by atoms with Gasteiger partial charge >= 0.3 is 5.97 Å². The van der Waals surface area contributed by atoms with Crippen LogP contribution in [0.5, 0.6) is 5.75 Å². The third kappa shape index (κ3) is 5.40. The molecular weight excluding hydrogens is 651 g/mol. The molecule has 162 valence electrons. The summed E-state index contributed by atoms with van der Waals surface area (Å²) in [5.74, 6) is -0.933. The number of methoxy groups -OCH3 is 1. The van der Waals surface area contributed by atoms with E-state index in [2.05, 4.69) is 49.9 Å². The molecule has 1 atom stereocenters. The van der Waals surface area contributed by atoms with E-state index in [1.54, 1.807) is 36.4 Å². The lowest BCUT2D eigenvalue weighted by Gasteiger charge is -2.18. The van der Waals surface area contributed by atoms with Crippen molar-refractivity contribution in [3.63, 3.8) is 0 Å². The van der Waals surface area contributed by atoms with E-state index < -0.39 is 23.2 Å². The van der Waals surface area contributed by atoms with Crippen LogP contribution in [-0.4, -0.2) is 35.2 Å². The Bertz CT molecular complexity index is 1070. The molecule has 1 fully saturated rings. The number of carbonyl (C=O) groups excluding carboxylic acids is 3. The maximum atomic E-state index is 13.8. The van der Waals surface area contributed by atoms with Gasteiger partial charge in [-0.05, 0) is 93.7 Å². The Morgan fingerprint density at radius 2 is 1.87 bits per heavy atom. The van der Waals surface area contributed by atoms with Gasteiger partial charge in [-0.15, -0.1) is 0 Å². The summed E-state index contributed by atoms with van der Waals surface area (Å²) in [6.07, 6.45) is 1.60. The first kappa shape index (κ1) is 24.0. The highest BCUT2D eigenvalue weighted by atomic mass is 127. The highest BCUT2D eigenvalue weighted by Gasteiger charge is 2.41. The number of rotatable bonds is 6. The predicted octanol–water partition coefficient (Wildman–Crippen LogP) is 5.21. The second kappa shape index (κ2) is 10.3. The monoisotopic (exact) mass is 667 g/mol. The van der Waals surface area contributed by atoms with E-state index in [1.165, 1.54) is 20.1 Å². The molecule has 0 N–H and O–H groups in total. The largest absolute Gasteiger partial charge is 0.487 e. The van der Waals surface area contributed by atoms with Crippen molar-refractivity contribution in [3.05, 3.63) is 65.4 Å². The Labute approximate surface area is 209 Å². The molecule has 31 heavy (non-hydrogen) atoms. The number of carbonyl (C=O) groups is 3. The first-order valence-electron chi connectivity index (χ1n) is 8.93. The first-order valence-corrected chi connectivity index (χ1v) is 11.9. The third-order valence-corrected chi connectivity index (χ3v) is 6.89. The maximum Gasteiger partial charge on any atom is 0.328 e. The smallest absolute Gasteiger partial charge is 0.328 e. The molecule has 1 saturated heterocycles. The lowest BCUT2D eigenvalue weighted by molar-refractivity contribution is -0.148. The summed E-state index contributed by atoms with van der Waals surface area (Å²) >= 11 is 4.98. The summed E-state index contributed by atoms with van der Waals surface area (Å²) in [5.41, 5.74) is 1.15. The van der Waals surface area contributed by atoms with Crippen LogP contribution in [0, 0.1) is 13.0 Å². The van der Waals surface area contributed by atoms with Crippen LogP contribution in [0.3, 0.4) is 0 Å². The van der Waals surface area contributed by atoms with Crippen LogP contribution in [0.4, 0.5) is 9.18 Å². The lowest BCUT2D eigenvalue weighted by atomic mass is 10.2. The number of hydrogen-bond donors (Lipinski definition) is 0. The fourth-order valence-electron chi connectivity index (χ4n) is 2.81. The van der Waals surface area contributed by atoms with E-state index >= 15 is 0 Å². The molecule has 2 aromatic rings. The molecule has 2 aromatic carbocycles. The van der Waals surface area contributed by atoms with Crippen LogP contribution in [-0.2, 0) is 20.9 Å². The van der Waals surface area contributed by atoms with Gasteiger partial charge in [0.05, 0.1) is 19.2 Å². The van der Waals surface area contributed by atoms with Gasteiger partial charge in [0, 0.05) is 5.56 Å². The maximum absolute atomic E-state index is 13.8. The van der Waals surface area contributed by atoms with Crippen molar-refractivity contribution >= 4 is 80.1 Å². The highest BCUT2D eigenvalue weighted by Crippen LogP contribution is 2.36. The highest BCUT2D eigenvalue weighted by molar-refractivity contribution is 14.1. The fraction of sp³-hybridized carbons (Fsp3) is 0.190. The zero-order valence-corrected chi connectivity index (χ0v) is 21.5. The van der Waals surface area contributed by atoms with Crippen LogP contribution >= 0.6 is 56.9 Å². The third-order valence-electron chi connectivity index (χ3n) is 4.40. The normalized spacial score (nSPS) is 16.0. The zero-order chi connectivity index (χ0) is 22.7. The van der Waals surface area contributed by atoms with Gasteiger partial charge in [0.15, 0.2) is 0 Å². The van der Waals surface area contributed by atoms with Crippen LogP contribution in [0.25, 0.3) is 6.08 Å². The van der Waals surface area contributed by atoms with Crippen molar-refractivity contribution in [1.29, 1.82) is 0 Å². The SMILES string of the molecule is COC(=O)[C@H](C)N1C(=O)S/C(=C/c2cc(I)c(OCc3ccccc3F)c(I)c2)C1=O. The van der Waals surface area contributed by atoms with Gasteiger partial charge in [0.25, 0.3) is 11.1 Å². The number of ether oxygens (including phenoxy) is 2. The van der Waals surface area contributed by atoms with Gasteiger partial charge < -0.3 is 9.47 Å². The second-order valence-electron chi connectivity index (χ2n) is 6.44. The summed E-state index contributed by atoms with van der Waals surface area (Å²) in [4.78, 5) is 37.7. The first-order chi connectivity index (χ1) is 14.7. The molecule has 1 aliphatic rings. The number of hydrogen-bond acceptors (Lipinski definition) is 6. The number of esters is 1. The lowest BCUT2D eigenvalue weighted by Crippen LogP contribution is -2.42. The molecule has 10 heteroatoms.